The Morgan fingerprint density at radius 3 is 2.33 bits per heavy atom. The van der Waals surface area contributed by atoms with Crippen LogP contribution in [-0.4, -0.2) is 75.3 Å². The number of aliphatic imine (C=N–C) groups is 1. The highest BCUT2D eigenvalue weighted by molar-refractivity contribution is 5.81. The zero-order valence-electron chi connectivity index (χ0n) is 18.0. The SMILES string of the molecule is CCC(C)NC(=O)CCNC(=NC)NCC(C(CC)CC)N1CCOCC1. The van der Waals surface area contributed by atoms with Crippen molar-refractivity contribution in [2.45, 2.75) is 65.5 Å². The molecule has 0 aliphatic carbocycles. The van der Waals surface area contributed by atoms with Gasteiger partial charge in [0.05, 0.1) is 13.2 Å². The Morgan fingerprint density at radius 2 is 1.78 bits per heavy atom. The van der Waals surface area contributed by atoms with Crippen molar-refractivity contribution in [3.63, 3.8) is 0 Å². The fourth-order valence-corrected chi connectivity index (χ4v) is 3.50. The van der Waals surface area contributed by atoms with E-state index in [1.165, 1.54) is 12.8 Å². The predicted molar refractivity (Wildman–Crippen MR) is 112 cm³/mol. The van der Waals surface area contributed by atoms with Crippen LogP contribution in [-0.2, 0) is 9.53 Å². The van der Waals surface area contributed by atoms with Crippen LogP contribution in [0.2, 0.25) is 0 Å². The van der Waals surface area contributed by atoms with E-state index in [0.29, 0.717) is 24.9 Å². The summed E-state index contributed by atoms with van der Waals surface area (Å²) in [7, 11) is 1.77. The predicted octanol–water partition coefficient (Wildman–Crippen LogP) is 1.59. The molecule has 0 bridgehead atoms. The van der Waals surface area contributed by atoms with Gasteiger partial charge >= 0.3 is 0 Å². The second kappa shape index (κ2) is 13.8. The molecule has 0 aromatic heterocycles. The lowest BCUT2D eigenvalue weighted by Gasteiger charge is -2.39. The molecule has 158 valence electrons. The van der Waals surface area contributed by atoms with Crippen LogP contribution < -0.4 is 16.0 Å². The number of guanidine groups is 1. The molecule has 0 aromatic rings. The normalized spacial score (nSPS) is 18.2. The summed E-state index contributed by atoms with van der Waals surface area (Å²) >= 11 is 0. The van der Waals surface area contributed by atoms with E-state index in [9.17, 15) is 4.79 Å². The minimum atomic E-state index is 0.0792. The Labute approximate surface area is 165 Å². The van der Waals surface area contributed by atoms with Crippen molar-refractivity contribution in [2.75, 3.05) is 46.4 Å². The maximum absolute atomic E-state index is 11.9. The first-order valence-corrected chi connectivity index (χ1v) is 10.6. The van der Waals surface area contributed by atoms with Crippen molar-refractivity contribution in [1.29, 1.82) is 0 Å². The van der Waals surface area contributed by atoms with Crippen molar-refractivity contribution in [3.05, 3.63) is 0 Å². The van der Waals surface area contributed by atoms with E-state index in [2.05, 4.69) is 46.6 Å². The van der Waals surface area contributed by atoms with E-state index in [1.807, 2.05) is 6.92 Å². The molecule has 7 heteroatoms. The summed E-state index contributed by atoms with van der Waals surface area (Å²) in [5, 5.41) is 9.71. The Kier molecular flexibility index (Phi) is 12.1. The summed E-state index contributed by atoms with van der Waals surface area (Å²) < 4.78 is 5.52. The lowest BCUT2D eigenvalue weighted by Crippen LogP contribution is -2.53. The fourth-order valence-electron chi connectivity index (χ4n) is 3.50. The van der Waals surface area contributed by atoms with Crippen molar-refractivity contribution in [1.82, 2.24) is 20.9 Å². The number of hydrogen-bond donors (Lipinski definition) is 3. The number of amides is 1. The summed E-state index contributed by atoms with van der Waals surface area (Å²) in [4.78, 5) is 18.7. The van der Waals surface area contributed by atoms with Crippen LogP contribution in [0.5, 0.6) is 0 Å². The van der Waals surface area contributed by atoms with Gasteiger partial charge in [0.25, 0.3) is 0 Å². The topological polar surface area (TPSA) is 78.0 Å². The number of ether oxygens (including phenoxy) is 1. The third-order valence-electron chi connectivity index (χ3n) is 5.47. The first-order chi connectivity index (χ1) is 13.0. The van der Waals surface area contributed by atoms with Crippen LogP contribution >= 0.6 is 0 Å². The van der Waals surface area contributed by atoms with Crippen molar-refractivity contribution < 1.29 is 9.53 Å². The second-order valence-electron chi connectivity index (χ2n) is 7.30. The molecule has 3 N–H and O–H groups in total. The molecule has 1 aliphatic rings. The molecule has 27 heavy (non-hydrogen) atoms. The zero-order chi connectivity index (χ0) is 20.1. The van der Waals surface area contributed by atoms with Gasteiger partial charge in [0.15, 0.2) is 5.96 Å². The largest absolute Gasteiger partial charge is 0.379 e. The molecule has 2 unspecified atom stereocenters. The van der Waals surface area contributed by atoms with Gasteiger partial charge in [-0.1, -0.05) is 33.6 Å². The Bertz CT molecular complexity index is 434. The average Bonchev–Trinajstić information content (AvgIpc) is 2.70. The molecule has 0 aromatic carbocycles. The molecular formula is C20H41N5O2. The highest BCUT2D eigenvalue weighted by atomic mass is 16.5. The van der Waals surface area contributed by atoms with Gasteiger partial charge in [-0.25, -0.2) is 0 Å². The molecule has 1 amide bonds. The Hall–Kier alpha value is -1.34. The fraction of sp³-hybridized carbons (Fsp3) is 0.900. The van der Waals surface area contributed by atoms with Crippen molar-refractivity contribution in [2.24, 2.45) is 10.9 Å². The molecule has 0 radical (unpaired) electrons. The van der Waals surface area contributed by atoms with Crippen LogP contribution in [0.15, 0.2) is 4.99 Å². The van der Waals surface area contributed by atoms with Crippen molar-refractivity contribution >= 4 is 11.9 Å². The molecule has 1 fully saturated rings. The Morgan fingerprint density at radius 1 is 1.11 bits per heavy atom. The lowest BCUT2D eigenvalue weighted by atomic mass is 9.92. The summed E-state index contributed by atoms with van der Waals surface area (Å²) in [5.41, 5.74) is 0. The van der Waals surface area contributed by atoms with Gasteiger partial charge in [0, 0.05) is 51.7 Å². The van der Waals surface area contributed by atoms with Crippen molar-refractivity contribution in [3.8, 4) is 0 Å². The van der Waals surface area contributed by atoms with Crippen LogP contribution in [0.3, 0.4) is 0 Å². The molecule has 1 rings (SSSR count). The molecule has 1 saturated heterocycles. The molecule has 1 aliphatic heterocycles. The van der Waals surface area contributed by atoms with Crippen LogP contribution in [0.4, 0.5) is 0 Å². The summed E-state index contributed by atoms with van der Waals surface area (Å²) in [6.45, 7) is 13.7. The maximum atomic E-state index is 11.9. The van der Waals surface area contributed by atoms with Gasteiger partial charge in [-0.3, -0.25) is 14.7 Å². The average molecular weight is 384 g/mol. The van der Waals surface area contributed by atoms with Crippen LogP contribution in [0.25, 0.3) is 0 Å². The number of nitrogens with zero attached hydrogens (tertiary/aromatic N) is 2. The molecule has 1 heterocycles. The first-order valence-electron chi connectivity index (χ1n) is 10.6. The minimum absolute atomic E-state index is 0.0792. The number of morpholine rings is 1. The Balaban J connectivity index is 2.47. The number of carbonyl (C=O) groups excluding carboxylic acids is 1. The van der Waals surface area contributed by atoms with Crippen LogP contribution in [0.1, 0.15) is 53.4 Å². The first kappa shape index (κ1) is 23.7. The number of nitrogens with one attached hydrogen (secondary N) is 3. The van der Waals surface area contributed by atoms with Gasteiger partial charge in [-0.05, 0) is 19.3 Å². The van der Waals surface area contributed by atoms with E-state index in [4.69, 9.17) is 4.74 Å². The van der Waals surface area contributed by atoms with E-state index >= 15 is 0 Å². The lowest BCUT2D eigenvalue weighted by molar-refractivity contribution is -0.121. The molecule has 0 saturated carbocycles. The van der Waals surface area contributed by atoms with Gasteiger partial charge < -0.3 is 20.7 Å². The van der Waals surface area contributed by atoms with E-state index in [-0.39, 0.29) is 11.9 Å². The highest BCUT2D eigenvalue weighted by Gasteiger charge is 2.27. The number of carbonyl (C=O) groups is 1. The number of hydrogen-bond acceptors (Lipinski definition) is 4. The third kappa shape index (κ3) is 8.93. The zero-order valence-corrected chi connectivity index (χ0v) is 18.0. The summed E-state index contributed by atoms with van der Waals surface area (Å²) in [6.07, 6.45) is 3.73. The van der Waals surface area contributed by atoms with Gasteiger partial charge in [0.2, 0.25) is 5.91 Å². The minimum Gasteiger partial charge on any atom is -0.379 e. The molecule has 7 nitrogen and oxygen atoms in total. The van der Waals surface area contributed by atoms with E-state index in [0.717, 1.165) is 45.2 Å². The standard InChI is InChI=1S/C20H41N5O2/c1-6-16(4)24-19(26)9-10-22-20(21-5)23-15-18(17(7-2)8-3)25-11-13-27-14-12-25/h16-18H,6-15H2,1-5H3,(H,24,26)(H2,21,22,23). The molecular weight excluding hydrogens is 342 g/mol. The quantitative estimate of drug-likeness (QED) is 0.373. The second-order valence-corrected chi connectivity index (χ2v) is 7.30. The third-order valence-corrected chi connectivity index (χ3v) is 5.47. The van der Waals surface area contributed by atoms with Gasteiger partial charge in [0.1, 0.15) is 0 Å². The summed E-state index contributed by atoms with van der Waals surface area (Å²) in [5.74, 6) is 1.49. The van der Waals surface area contributed by atoms with E-state index in [1.54, 1.807) is 7.05 Å². The summed E-state index contributed by atoms with van der Waals surface area (Å²) in [6, 6.07) is 0.695. The molecule has 2 atom stereocenters. The highest BCUT2D eigenvalue weighted by Crippen LogP contribution is 2.19. The van der Waals surface area contributed by atoms with E-state index < -0.39 is 0 Å². The van der Waals surface area contributed by atoms with Gasteiger partial charge in [-0.2, -0.15) is 0 Å². The maximum Gasteiger partial charge on any atom is 0.221 e. The smallest absolute Gasteiger partial charge is 0.221 e. The monoisotopic (exact) mass is 383 g/mol. The van der Waals surface area contributed by atoms with Gasteiger partial charge in [-0.15, -0.1) is 0 Å². The number of rotatable bonds is 11. The molecule has 0 spiro atoms. The van der Waals surface area contributed by atoms with Crippen LogP contribution in [0, 0.1) is 5.92 Å².